The first-order valence-corrected chi connectivity index (χ1v) is 13.0. The topological polar surface area (TPSA) is 107 Å². The number of hydrogen-bond acceptors (Lipinski definition) is 8. The largest absolute Gasteiger partial charge is 0.489 e. The molecule has 0 radical (unpaired) electrons. The monoisotopic (exact) mass is 565 g/mol. The van der Waals surface area contributed by atoms with Crippen LogP contribution in [-0.4, -0.2) is 61.4 Å². The minimum Gasteiger partial charge on any atom is -0.489 e. The quantitative estimate of drug-likeness (QED) is 0.255. The number of urea groups is 1. The summed E-state index contributed by atoms with van der Waals surface area (Å²) in [5.74, 6) is 0.152. The van der Waals surface area contributed by atoms with Crippen molar-refractivity contribution in [2.45, 2.75) is 13.0 Å². The molecule has 2 amide bonds. The molecule has 1 aromatic heterocycles. The Bertz CT molecular complexity index is 1530. The van der Waals surface area contributed by atoms with E-state index in [0.29, 0.717) is 53.5 Å². The number of anilines is 1. The van der Waals surface area contributed by atoms with Crippen molar-refractivity contribution < 1.29 is 32.5 Å². The standard InChI is InChI=1S/C29H29F2N5O5/c1-36(2)10-3-11-38-24-15-22-25(27-26(24)39-12-13-40-27)28(34-17-33-22)41-23-9-8-20(14-21(23)31)35-29(37)32-16-18-4-6-19(30)7-5-18/h4-9,14-15,17H,3,10-13,16H2,1-2H3,(H2,32,35,37). The Hall–Kier alpha value is -4.71. The Morgan fingerprint density at radius 3 is 2.54 bits per heavy atom. The third kappa shape index (κ3) is 6.90. The van der Waals surface area contributed by atoms with Crippen molar-refractivity contribution >= 4 is 22.6 Å². The molecule has 214 valence electrons. The zero-order valence-electron chi connectivity index (χ0n) is 22.6. The summed E-state index contributed by atoms with van der Waals surface area (Å²) in [5, 5.41) is 5.62. The molecule has 0 spiro atoms. The second kappa shape index (κ2) is 12.6. The lowest BCUT2D eigenvalue weighted by atomic mass is 10.1. The molecule has 0 atom stereocenters. The third-order valence-corrected chi connectivity index (χ3v) is 6.11. The zero-order valence-corrected chi connectivity index (χ0v) is 22.6. The van der Waals surface area contributed by atoms with Crippen LogP contribution in [0.3, 0.4) is 0 Å². The maximum atomic E-state index is 15.1. The molecular formula is C29H29F2N5O5. The van der Waals surface area contributed by atoms with E-state index in [-0.39, 0.29) is 29.7 Å². The first kappa shape index (κ1) is 27.8. The Kier molecular flexibility index (Phi) is 8.59. The number of benzene rings is 3. The number of fused-ring (bicyclic) bond motifs is 3. The van der Waals surface area contributed by atoms with Crippen molar-refractivity contribution in [1.29, 1.82) is 0 Å². The molecule has 3 aromatic carbocycles. The highest BCUT2D eigenvalue weighted by molar-refractivity contribution is 5.94. The zero-order chi connectivity index (χ0) is 28.8. The summed E-state index contributed by atoms with van der Waals surface area (Å²) in [4.78, 5) is 22.9. The van der Waals surface area contributed by atoms with Gasteiger partial charge < -0.3 is 34.5 Å². The van der Waals surface area contributed by atoms with E-state index in [0.717, 1.165) is 19.0 Å². The molecular weight excluding hydrogens is 536 g/mol. The van der Waals surface area contributed by atoms with Gasteiger partial charge in [-0.05, 0) is 50.3 Å². The van der Waals surface area contributed by atoms with E-state index in [2.05, 4.69) is 25.5 Å². The molecule has 2 N–H and O–H groups in total. The maximum Gasteiger partial charge on any atom is 0.319 e. The van der Waals surface area contributed by atoms with Crippen LogP contribution in [0.4, 0.5) is 19.3 Å². The number of amides is 2. The van der Waals surface area contributed by atoms with E-state index in [1.165, 1.54) is 30.6 Å². The van der Waals surface area contributed by atoms with E-state index >= 15 is 4.39 Å². The summed E-state index contributed by atoms with van der Waals surface area (Å²) in [7, 11) is 3.99. The van der Waals surface area contributed by atoms with Gasteiger partial charge >= 0.3 is 6.03 Å². The molecule has 0 fully saturated rings. The number of aromatic nitrogens is 2. The fourth-order valence-electron chi connectivity index (χ4n) is 4.15. The molecule has 5 rings (SSSR count). The van der Waals surface area contributed by atoms with E-state index in [1.54, 1.807) is 18.2 Å². The van der Waals surface area contributed by atoms with Crippen molar-refractivity contribution in [2.75, 3.05) is 45.8 Å². The normalized spacial score (nSPS) is 12.3. The van der Waals surface area contributed by atoms with Gasteiger partial charge in [-0.2, -0.15) is 0 Å². The van der Waals surface area contributed by atoms with Crippen molar-refractivity contribution in [1.82, 2.24) is 20.2 Å². The first-order chi connectivity index (χ1) is 19.9. The minimum absolute atomic E-state index is 0.0764. The maximum absolute atomic E-state index is 15.1. The average molecular weight is 566 g/mol. The molecule has 1 aliphatic heterocycles. The van der Waals surface area contributed by atoms with Crippen LogP contribution in [0.5, 0.6) is 28.9 Å². The molecule has 0 aliphatic carbocycles. The first-order valence-electron chi connectivity index (χ1n) is 13.0. The summed E-state index contributed by atoms with van der Waals surface area (Å²) in [5.41, 5.74) is 1.41. The van der Waals surface area contributed by atoms with Gasteiger partial charge in [-0.15, -0.1) is 0 Å². The molecule has 0 bridgehead atoms. The van der Waals surface area contributed by atoms with Crippen LogP contribution in [-0.2, 0) is 6.54 Å². The van der Waals surface area contributed by atoms with Gasteiger partial charge in [-0.25, -0.2) is 23.5 Å². The lowest BCUT2D eigenvalue weighted by Crippen LogP contribution is -2.28. The van der Waals surface area contributed by atoms with Crippen LogP contribution in [0.2, 0.25) is 0 Å². The fraction of sp³-hybridized carbons (Fsp3) is 0.276. The van der Waals surface area contributed by atoms with Gasteiger partial charge in [0.15, 0.2) is 23.1 Å². The number of halogens is 2. The average Bonchev–Trinajstić information content (AvgIpc) is 2.96. The Labute approximate surface area is 235 Å². The number of ether oxygens (including phenoxy) is 4. The predicted molar refractivity (Wildman–Crippen MR) is 148 cm³/mol. The number of carbonyl (C=O) groups is 1. The van der Waals surface area contributed by atoms with Gasteiger partial charge in [0.1, 0.15) is 30.7 Å². The van der Waals surface area contributed by atoms with Crippen LogP contribution in [0.15, 0.2) is 54.9 Å². The van der Waals surface area contributed by atoms with E-state index in [1.807, 2.05) is 14.1 Å². The van der Waals surface area contributed by atoms with Gasteiger partial charge in [0, 0.05) is 30.9 Å². The van der Waals surface area contributed by atoms with Crippen LogP contribution < -0.4 is 29.6 Å². The number of nitrogens with one attached hydrogen (secondary N) is 2. The molecule has 0 saturated heterocycles. The Balaban J connectivity index is 1.31. The molecule has 1 aliphatic rings. The summed E-state index contributed by atoms with van der Waals surface area (Å²) in [6.45, 7) is 2.17. The highest BCUT2D eigenvalue weighted by Gasteiger charge is 2.25. The predicted octanol–water partition coefficient (Wildman–Crippen LogP) is 5.12. The Morgan fingerprint density at radius 2 is 1.78 bits per heavy atom. The van der Waals surface area contributed by atoms with Crippen molar-refractivity contribution in [3.05, 3.63) is 72.1 Å². The lowest BCUT2D eigenvalue weighted by Gasteiger charge is -2.23. The third-order valence-electron chi connectivity index (χ3n) is 6.11. The smallest absolute Gasteiger partial charge is 0.319 e. The van der Waals surface area contributed by atoms with Gasteiger partial charge in [-0.3, -0.25) is 0 Å². The lowest BCUT2D eigenvalue weighted by molar-refractivity contribution is 0.163. The molecule has 0 saturated carbocycles. The molecule has 12 heteroatoms. The minimum atomic E-state index is -0.722. The van der Waals surface area contributed by atoms with Crippen LogP contribution >= 0.6 is 0 Å². The van der Waals surface area contributed by atoms with Crippen molar-refractivity contribution in [3.63, 3.8) is 0 Å². The number of hydrogen-bond donors (Lipinski definition) is 2. The van der Waals surface area contributed by atoms with Gasteiger partial charge in [0.25, 0.3) is 0 Å². The SMILES string of the molecule is CN(C)CCCOc1cc2ncnc(Oc3ccc(NC(=O)NCc4ccc(F)cc4)cc3F)c2c2c1OCCO2. The highest BCUT2D eigenvalue weighted by atomic mass is 19.1. The van der Waals surface area contributed by atoms with E-state index in [4.69, 9.17) is 18.9 Å². The molecule has 10 nitrogen and oxygen atoms in total. The summed E-state index contributed by atoms with van der Waals surface area (Å²) < 4.78 is 51.7. The summed E-state index contributed by atoms with van der Waals surface area (Å²) >= 11 is 0. The summed E-state index contributed by atoms with van der Waals surface area (Å²) in [6.07, 6.45) is 2.13. The molecule has 4 aromatic rings. The van der Waals surface area contributed by atoms with Gasteiger partial charge in [0.05, 0.1) is 12.1 Å². The van der Waals surface area contributed by atoms with E-state index in [9.17, 15) is 9.18 Å². The second-order valence-corrected chi connectivity index (χ2v) is 9.49. The second-order valence-electron chi connectivity index (χ2n) is 9.49. The van der Waals surface area contributed by atoms with Crippen molar-refractivity contribution in [2.24, 2.45) is 0 Å². The molecule has 0 unspecified atom stereocenters. The van der Waals surface area contributed by atoms with Crippen LogP contribution in [0.1, 0.15) is 12.0 Å². The molecule has 41 heavy (non-hydrogen) atoms. The summed E-state index contributed by atoms with van der Waals surface area (Å²) in [6, 6.07) is 10.9. The Morgan fingerprint density at radius 1 is 1.00 bits per heavy atom. The number of rotatable bonds is 10. The van der Waals surface area contributed by atoms with Crippen LogP contribution in [0.25, 0.3) is 10.9 Å². The van der Waals surface area contributed by atoms with E-state index < -0.39 is 11.8 Å². The van der Waals surface area contributed by atoms with Crippen molar-refractivity contribution in [3.8, 4) is 28.9 Å². The number of carbonyl (C=O) groups excluding carboxylic acids is 1. The van der Waals surface area contributed by atoms with Gasteiger partial charge in [-0.1, -0.05) is 12.1 Å². The molecule has 2 heterocycles. The van der Waals surface area contributed by atoms with Gasteiger partial charge in [0.2, 0.25) is 11.6 Å². The highest BCUT2D eigenvalue weighted by Crippen LogP contribution is 2.48. The fourth-order valence-corrected chi connectivity index (χ4v) is 4.15. The van der Waals surface area contributed by atoms with Crippen LogP contribution in [0, 0.1) is 11.6 Å². The number of nitrogens with zero attached hydrogens (tertiary/aromatic N) is 3.